The van der Waals surface area contributed by atoms with Crippen LogP contribution in [0.15, 0.2) is 23.4 Å². The van der Waals surface area contributed by atoms with Crippen molar-refractivity contribution in [3.8, 4) is 0 Å². The lowest BCUT2D eigenvalue weighted by Crippen LogP contribution is -2.18. The highest BCUT2D eigenvalue weighted by atomic mass is 16.2. The molecule has 0 aromatic carbocycles. The first-order valence-corrected chi connectivity index (χ1v) is 3.26. The van der Waals surface area contributed by atoms with Gasteiger partial charge in [-0.15, -0.1) is 0 Å². The SMILES string of the molecule is CC(C)=C1C=CC(=O)N1C. The third-order valence-electron chi connectivity index (χ3n) is 1.59. The van der Waals surface area contributed by atoms with E-state index in [9.17, 15) is 4.79 Å². The molecule has 0 aliphatic carbocycles. The first-order valence-electron chi connectivity index (χ1n) is 3.26. The molecular formula is C8H11NO. The largest absolute Gasteiger partial charge is 0.312 e. The Morgan fingerprint density at radius 2 is 2.00 bits per heavy atom. The lowest BCUT2D eigenvalue weighted by molar-refractivity contribution is -0.122. The molecule has 0 saturated heterocycles. The molecule has 0 atom stereocenters. The molecule has 0 spiro atoms. The minimum Gasteiger partial charge on any atom is -0.312 e. The van der Waals surface area contributed by atoms with Crippen LogP contribution in [0, 0.1) is 0 Å². The topological polar surface area (TPSA) is 20.3 Å². The van der Waals surface area contributed by atoms with Gasteiger partial charge >= 0.3 is 0 Å². The molecule has 0 unspecified atom stereocenters. The smallest absolute Gasteiger partial charge is 0.250 e. The zero-order valence-corrected chi connectivity index (χ0v) is 6.51. The molecule has 0 saturated carbocycles. The van der Waals surface area contributed by atoms with Gasteiger partial charge in [0.2, 0.25) is 0 Å². The van der Waals surface area contributed by atoms with E-state index in [2.05, 4.69) is 0 Å². The number of carbonyl (C=O) groups excluding carboxylic acids is 1. The third kappa shape index (κ3) is 0.967. The van der Waals surface area contributed by atoms with Gasteiger partial charge in [-0.05, 0) is 19.9 Å². The molecule has 10 heavy (non-hydrogen) atoms. The Hall–Kier alpha value is -1.05. The van der Waals surface area contributed by atoms with Crippen molar-refractivity contribution in [3.63, 3.8) is 0 Å². The first kappa shape index (κ1) is 7.06. The zero-order chi connectivity index (χ0) is 7.72. The second-order valence-corrected chi connectivity index (χ2v) is 2.62. The maximum Gasteiger partial charge on any atom is 0.250 e. The summed E-state index contributed by atoms with van der Waals surface area (Å²) in [5, 5.41) is 0. The van der Waals surface area contributed by atoms with Crippen molar-refractivity contribution in [3.05, 3.63) is 23.4 Å². The molecule has 0 radical (unpaired) electrons. The van der Waals surface area contributed by atoms with Crippen molar-refractivity contribution in [1.82, 2.24) is 4.90 Å². The molecule has 1 rings (SSSR count). The predicted molar refractivity (Wildman–Crippen MR) is 40.3 cm³/mol. The van der Waals surface area contributed by atoms with Gasteiger partial charge in [-0.1, -0.05) is 5.57 Å². The molecule has 2 nitrogen and oxygen atoms in total. The number of hydrogen-bond acceptors (Lipinski definition) is 1. The predicted octanol–water partition coefficient (Wildman–Crippen LogP) is 1.31. The highest BCUT2D eigenvalue weighted by Gasteiger charge is 2.15. The Kier molecular flexibility index (Phi) is 1.62. The summed E-state index contributed by atoms with van der Waals surface area (Å²) in [5.74, 6) is 0.0659. The molecule has 1 aliphatic rings. The van der Waals surface area contributed by atoms with Crippen LogP contribution in [0.25, 0.3) is 0 Å². The van der Waals surface area contributed by atoms with Gasteiger partial charge in [0.1, 0.15) is 0 Å². The summed E-state index contributed by atoms with van der Waals surface area (Å²) in [7, 11) is 1.78. The summed E-state index contributed by atoms with van der Waals surface area (Å²) in [5.41, 5.74) is 2.19. The van der Waals surface area contributed by atoms with Crippen LogP contribution in [0.4, 0.5) is 0 Å². The molecule has 0 aromatic rings. The number of likely N-dealkylation sites (N-methyl/N-ethyl adjacent to an activating group) is 1. The van der Waals surface area contributed by atoms with Crippen molar-refractivity contribution in [2.45, 2.75) is 13.8 Å². The van der Waals surface area contributed by atoms with Gasteiger partial charge in [-0.2, -0.15) is 0 Å². The number of carbonyl (C=O) groups is 1. The van der Waals surface area contributed by atoms with Gasteiger partial charge in [0, 0.05) is 18.8 Å². The minimum absolute atomic E-state index is 0.0659. The number of rotatable bonds is 0. The average Bonchev–Trinajstić information content (AvgIpc) is 2.14. The fourth-order valence-electron chi connectivity index (χ4n) is 0.995. The summed E-state index contributed by atoms with van der Waals surface area (Å²) in [6.45, 7) is 3.99. The quantitative estimate of drug-likeness (QED) is 0.493. The van der Waals surface area contributed by atoms with Crippen LogP contribution in [0.5, 0.6) is 0 Å². The Labute approximate surface area is 60.8 Å². The number of hydrogen-bond donors (Lipinski definition) is 0. The maximum atomic E-state index is 10.9. The zero-order valence-electron chi connectivity index (χ0n) is 6.51. The Bertz CT molecular complexity index is 221. The Morgan fingerprint density at radius 3 is 2.20 bits per heavy atom. The minimum atomic E-state index is 0.0659. The first-order chi connectivity index (χ1) is 4.63. The van der Waals surface area contributed by atoms with Crippen LogP contribution in [0.3, 0.4) is 0 Å². The highest BCUT2D eigenvalue weighted by molar-refractivity contribution is 5.93. The van der Waals surface area contributed by atoms with Crippen molar-refractivity contribution in [2.75, 3.05) is 7.05 Å². The van der Waals surface area contributed by atoms with E-state index in [1.807, 2.05) is 19.9 Å². The van der Waals surface area contributed by atoms with E-state index in [0.717, 1.165) is 5.70 Å². The highest BCUT2D eigenvalue weighted by Crippen LogP contribution is 2.15. The summed E-state index contributed by atoms with van der Waals surface area (Å²) in [4.78, 5) is 12.5. The summed E-state index contributed by atoms with van der Waals surface area (Å²) < 4.78 is 0. The third-order valence-corrected chi connectivity index (χ3v) is 1.59. The van der Waals surface area contributed by atoms with Crippen LogP contribution < -0.4 is 0 Å². The lowest BCUT2D eigenvalue weighted by atomic mass is 10.2. The van der Waals surface area contributed by atoms with Crippen molar-refractivity contribution >= 4 is 5.91 Å². The van der Waals surface area contributed by atoms with E-state index in [1.165, 1.54) is 5.57 Å². The number of nitrogens with zero attached hydrogens (tertiary/aromatic N) is 1. The molecule has 0 fully saturated rings. The van der Waals surface area contributed by atoms with Crippen molar-refractivity contribution in [2.24, 2.45) is 0 Å². The normalized spacial score (nSPS) is 16.9. The Balaban J connectivity index is 2.97. The van der Waals surface area contributed by atoms with Crippen LogP contribution in [-0.2, 0) is 4.79 Å². The summed E-state index contributed by atoms with van der Waals surface area (Å²) in [6.07, 6.45) is 3.43. The molecule has 2 heteroatoms. The number of amides is 1. The lowest BCUT2D eigenvalue weighted by Gasteiger charge is -2.11. The van der Waals surface area contributed by atoms with Gasteiger partial charge < -0.3 is 4.90 Å². The van der Waals surface area contributed by atoms with Gasteiger partial charge in [0.15, 0.2) is 0 Å². The second kappa shape index (κ2) is 2.29. The van der Waals surface area contributed by atoms with E-state index >= 15 is 0 Å². The molecular weight excluding hydrogens is 126 g/mol. The van der Waals surface area contributed by atoms with Gasteiger partial charge in [0.25, 0.3) is 5.91 Å². The van der Waals surface area contributed by atoms with Crippen LogP contribution >= 0.6 is 0 Å². The van der Waals surface area contributed by atoms with Gasteiger partial charge in [0.05, 0.1) is 0 Å². The van der Waals surface area contributed by atoms with Crippen molar-refractivity contribution in [1.29, 1.82) is 0 Å². The summed E-state index contributed by atoms with van der Waals surface area (Å²) >= 11 is 0. The summed E-state index contributed by atoms with van der Waals surface area (Å²) in [6, 6.07) is 0. The van der Waals surface area contributed by atoms with E-state index in [-0.39, 0.29) is 5.91 Å². The molecule has 0 bridgehead atoms. The van der Waals surface area contributed by atoms with E-state index in [1.54, 1.807) is 18.0 Å². The van der Waals surface area contributed by atoms with E-state index in [4.69, 9.17) is 0 Å². The molecule has 1 amide bonds. The van der Waals surface area contributed by atoms with Crippen LogP contribution in [-0.4, -0.2) is 17.9 Å². The second-order valence-electron chi connectivity index (χ2n) is 2.62. The number of allylic oxidation sites excluding steroid dienone is 2. The van der Waals surface area contributed by atoms with Crippen LogP contribution in [0.2, 0.25) is 0 Å². The monoisotopic (exact) mass is 137 g/mol. The molecule has 0 N–H and O–H groups in total. The molecule has 1 aliphatic heterocycles. The van der Waals surface area contributed by atoms with Gasteiger partial charge in [-0.25, -0.2) is 0 Å². The molecule has 1 heterocycles. The fraction of sp³-hybridized carbons (Fsp3) is 0.375. The van der Waals surface area contributed by atoms with E-state index in [0.29, 0.717) is 0 Å². The van der Waals surface area contributed by atoms with Crippen molar-refractivity contribution < 1.29 is 4.79 Å². The maximum absolute atomic E-state index is 10.9. The Morgan fingerprint density at radius 1 is 1.40 bits per heavy atom. The average molecular weight is 137 g/mol. The van der Waals surface area contributed by atoms with Crippen LogP contribution in [0.1, 0.15) is 13.8 Å². The van der Waals surface area contributed by atoms with E-state index < -0.39 is 0 Å². The van der Waals surface area contributed by atoms with Gasteiger partial charge in [-0.3, -0.25) is 4.79 Å². The standard InChI is InChI=1S/C8H11NO/c1-6(2)7-4-5-8(10)9(7)3/h4-5H,1-3H3. The fourth-order valence-corrected chi connectivity index (χ4v) is 0.995. The molecule has 54 valence electrons. The molecule has 0 aromatic heterocycles.